The lowest BCUT2D eigenvalue weighted by Crippen LogP contribution is -1.93. The molecule has 0 nitrogen and oxygen atoms in total. The molecular formula is C42H30. The Morgan fingerprint density at radius 3 is 1.57 bits per heavy atom. The van der Waals surface area contributed by atoms with Crippen molar-refractivity contribution in [3.05, 3.63) is 157 Å². The zero-order chi connectivity index (χ0) is 32.6. The van der Waals surface area contributed by atoms with Crippen LogP contribution in [-0.2, 0) is 0 Å². The smallest absolute Gasteiger partial charge is 0.0622 e. The van der Waals surface area contributed by atoms with Crippen molar-refractivity contribution >= 4 is 43.1 Å². The van der Waals surface area contributed by atoms with Crippen LogP contribution in [0, 0.1) is 13.8 Å². The maximum Gasteiger partial charge on any atom is 0.0629 e. The van der Waals surface area contributed by atoms with Crippen molar-refractivity contribution in [2.24, 2.45) is 0 Å². The second-order valence-corrected chi connectivity index (χ2v) is 11.1. The molecule has 0 aliphatic rings. The third kappa shape index (κ3) is 3.91. The molecule has 0 atom stereocenters. The Bertz CT molecular complexity index is 2490. The molecule has 0 heterocycles. The Morgan fingerprint density at radius 1 is 0.405 bits per heavy atom. The number of benzene rings is 8. The third-order valence-electron chi connectivity index (χ3n) is 8.36. The van der Waals surface area contributed by atoms with Gasteiger partial charge in [-0.2, -0.15) is 0 Å². The normalized spacial score (nSPS) is 13.2. The van der Waals surface area contributed by atoms with Gasteiger partial charge in [0, 0.05) is 0 Å². The van der Waals surface area contributed by atoms with E-state index in [-0.39, 0.29) is 35.8 Å². The molecule has 8 aromatic rings. The number of aryl methyl sites for hydroxylation is 2. The van der Waals surface area contributed by atoms with Gasteiger partial charge in [-0.1, -0.05) is 144 Å². The average molecular weight is 540 g/mol. The standard InChI is InChI=1S/C42H30/c1-27-22-28(2)24-32(23-27)41-36-16-8-10-18-38(36)42(39-19-11-9-17-37(39)41)40-26-31-25-30(29-12-4-3-5-13-29)20-21-33(31)34-14-6-7-15-35(34)40/h3-26H,1-2H3/i3D,4D,5D,12D,13D. The first-order valence-corrected chi connectivity index (χ1v) is 14.3. The van der Waals surface area contributed by atoms with Crippen LogP contribution in [0.1, 0.15) is 18.0 Å². The molecule has 0 N–H and O–H groups in total. The van der Waals surface area contributed by atoms with Gasteiger partial charge < -0.3 is 0 Å². The second kappa shape index (κ2) is 9.72. The van der Waals surface area contributed by atoms with Gasteiger partial charge in [0.1, 0.15) is 0 Å². The van der Waals surface area contributed by atoms with E-state index >= 15 is 0 Å². The van der Waals surface area contributed by atoms with E-state index in [2.05, 4.69) is 105 Å². The summed E-state index contributed by atoms with van der Waals surface area (Å²) in [5, 5.41) is 8.89. The van der Waals surface area contributed by atoms with E-state index in [1.807, 2.05) is 24.3 Å². The van der Waals surface area contributed by atoms with Crippen LogP contribution >= 0.6 is 0 Å². The molecule has 8 aromatic carbocycles. The molecule has 198 valence electrons. The highest BCUT2D eigenvalue weighted by Gasteiger charge is 2.19. The van der Waals surface area contributed by atoms with Gasteiger partial charge in [-0.3, -0.25) is 0 Å². The molecule has 0 radical (unpaired) electrons. The van der Waals surface area contributed by atoms with Crippen molar-refractivity contribution in [1.29, 1.82) is 0 Å². The van der Waals surface area contributed by atoms with Gasteiger partial charge >= 0.3 is 0 Å². The fourth-order valence-corrected chi connectivity index (χ4v) is 6.72. The van der Waals surface area contributed by atoms with Crippen molar-refractivity contribution in [3.8, 4) is 33.4 Å². The van der Waals surface area contributed by atoms with Gasteiger partial charge in [0.2, 0.25) is 0 Å². The van der Waals surface area contributed by atoms with Crippen molar-refractivity contribution in [1.82, 2.24) is 0 Å². The summed E-state index contributed by atoms with van der Waals surface area (Å²) in [7, 11) is 0. The Labute approximate surface area is 253 Å². The lowest BCUT2D eigenvalue weighted by molar-refractivity contribution is 1.39. The maximum absolute atomic E-state index is 8.61. The van der Waals surface area contributed by atoms with Crippen LogP contribution in [0.2, 0.25) is 0 Å². The lowest BCUT2D eigenvalue weighted by atomic mass is 9.83. The van der Waals surface area contributed by atoms with E-state index < -0.39 is 0 Å². The van der Waals surface area contributed by atoms with Gasteiger partial charge in [-0.05, 0) is 102 Å². The van der Waals surface area contributed by atoms with E-state index in [1.54, 1.807) is 0 Å². The summed E-state index contributed by atoms with van der Waals surface area (Å²) in [6, 6.07) is 39.1. The summed E-state index contributed by atoms with van der Waals surface area (Å²) in [4.78, 5) is 0. The topological polar surface area (TPSA) is 0 Å². The predicted molar refractivity (Wildman–Crippen MR) is 182 cm³/mol. The fraction of sp³-hybridized carbons (Fsp3) is 0.0476. The first-order chi connectivity index (χ1) is 22.7. The molecule has 42 heavy (non-hydrogen) atoms. The van der Waals surface area contributed by atoms with Crippen LogP contribution in [0.3, 0.4) is 0 Å². The zero-order valence-corrected chi connectivity index (χ0v) is 23.5. The molecule has 0 aliphatic carbocycles. The molecule has 0 unspecified atom stereocenters. The largest absolute Gasteiger partial charge is 0.0629 e. The molecule has 0 heteroatoms. The lowest BCUT2D eigenvalue weighted by Gasteiger charge is -2.20. The minimum absolute atomic E-state index is 0.199. The number of rotatable bonds is 3. The highest BCUT2D eigenvalue weighted by atomic mass is 14.2. The third-order valence-corrected chi connectivity index (χ3v) is 8.36. The van der Waals surface area contributed by atoms with E-state index in [0.29, 0.717) is 5.56 Å². The quantitative estimate of drug-likeness (QED) is 0.155. The van der Waals surface area contributed by atoms with Crippen molar-refractivity contribution in [2.45, 2.75) is 13.8 Å². The number of fused-ring (bicyclic) bond motifs is 5. The van der Waals surface area contributed by atoms with Crippen molar-refractivity contribution in [2.75, 3.05) is 0 Å². The van der Waals surface area contributed by atoms with Gasteiger partial charge in [0.15, 0.2) is 0 Å². The van der Waals surface area contributed by atoms with E-state index in [1.165, 1.54) is 33.0 Å². The van der Waals surface area contributed by atoms with Crippen molar-refractivity contribution in [3.63, 3.8) is 0 Å². The first-order valence-electron chi connectivity index (χ1n) is 16.8. The van der Waals surface area contributed by atoms with Crippen LogP contribution in [0.4, 0.5) is 0 Å². The number of hydrogen-bond donors (Lipinski definition) is 0. The molecule has 0 saturated heterocycles. The van der Waals surface area contributed by atoms with E-state index in [0.717, 1.165) is 43.4 Å². The summed E-state index contributed by atoms with van der Waals surface area (Å²) in [6.45, 7) is 4.30. The summed E-state index contributed by atoms with van der Waals surface area (Å²) in [6.07, 6.45) is 0. The van der Waals surface area contributed by atoms with E-state index in [9.17, 15) is 0 Å². The van der Waals surface area contributed by atoms with Gasteiger partial charge in [-0.15, -0.1) is 0 Å². The minimum atomic E-state index is -0.388. The Kier molecular flexibility index (Phi) is 4.58. The minimum Gasteiger partial charge on any atom is -0.0622 e. The molecule has 0 amide bonds. The van der Waals surface area contributed by atoms with Crippen LogP contribution in [-0.4, -0.2) is 0 Å². The molecule has 0 saturated carbocycles. The van der Waals surface area contributed by atoms with Crippen LogP contribution in [0.15, 0.2) is 145 Å². The van der Waals surface area contributed by atoms with Gasteiger partial charge in [0.05, 0.1) is 6.85 Å². The number of hydrogen-bond acceptors (Lipinski definition) is 0. The molecule has 8 rings (SSSR count). The zero-order valence-electron chi connectivity index (χ0n) is 28.5. The second-order valence-electron chi connectivity index (χ2n) is 11.1. The van der Waals surface area contributed by atoms with Crippen LogP contribution < -0.4 is 0 Å². The molecular weight excluding hydrogens is 504 g/mol. The average Bonchev–Trinajstić information content (AvgIpc) is 3.08. The summed E-state index contributed by atoms with van der Waals surface area (Å²) in [5.41, 5.74) is 7.92. The van der Waals surface area contributed by atoms with Gasteiger partial charge in [-0.25, -0.2) is 0 Å². The molecule has 0 bridgehead atoms. The van der Waals surface area contributed by atoms with E-state index in [4.69, 9.17) is 6.85 Å². The summed E-state index contributed by atoms with van der Waals surface area (Å²) >= 11 is 0. The molecule has 0 fully saturated rings. The van der Waals surface area contributed by atoms with Crippen LogP contribution in [0.25, 0.3) is 76.5 Å². The van der Waals surface area contributed by atoms with Crippen molar-refractivity contribution < 1.29 is 6.85 Å². The highest BCUT2D eigenvalue weighted by molar-refractivity contribution is 6.25. The van der Waals surface area contributed by atoms with Gasteiger partial charge in [0.25, 0.3) is 0 Å². The predicted octanol–water partition coefficient (Wildman–Crippen LogP) is 11.9. The maximum atomic E-state index is 8.61. The fourth-order valence-electron chi connectivity index (χ4n) is 6.72. The summed E-state index contributed by atoms with van der Waals surface area (Å²) < 4.78 is 41.8. The SMILES string of the molecule is [2H]c1c([2H])c([2H])c(-c2ccc3c(c2)cc(-c2c4ccccc4c(-c4cc(C)cc(C)c4)c4ccccc24)c2ccccc23)c([2H])c1[2H]. The Hall–Kier alpha value is -5.20. The Balaban J connectivity index is 1.50. The van der Waals surface area contributed by atoms with Crippen LogP contribution in [0.5, 0.6) is 0 Å². The Morgan fingerprint density at radius 2 is 0.952 bits per heavy atom. The molecule has 0 spiro atoms. The summed E-state index contributed by atoms with van der Waals surface area (Å²) in [5.74, 6) is 0. The highest BCUT2D eigenvalue weighted by Crippen LogP contribution is 2.46. The first kappa shape index (κ1) is 19.8. The molecule has 0 aromatic heterocycles. The molecule has 0 aliphatic heterocycles. The monoisotopic (exact) mass is 539 g/mol.